The molecule has 0 unspecified atom stereocenters. The van der Waals surface area contributed by atoms with Crippen LogP contribution in [-0.2, 0) is 6.54 Å². The second-order valence-electron chi connectivity index (χ2n) is 5.54. The Labute approximate surface area is 125 Å². The molecule has 21 heavy (non-hydrogen) atoms. The van der Waals surface area contributed by atoms with E-state index in [2.05, 4.69) is 22.1 Å². The molecule has 3 rings (SSSR count). The summed E-state index contributed by atoms with van der Waals surface area (Å²) in [5.74, 6) is 1.57. The predicted molar refractivity (Wildman–Crippen MR) is 83.2 cm³/mol. The maximum absolute atomic E-state index is 5.69. The maximum Gasteiger partial charge on any atom is 0.145 e. The number of hydrogen-bond donors (Lipinski definition) is 1. The lowest BCUT2D eigenvalue weighted by molar-refractivity contribution is 0.172. The number of nitrogen functional groups attached to an aromatic ring is 1. The summed E-state index contributed by atoms with van der Waals surface area (Å²) in [7, 11) is 1.73. The summed E-state index contributed by atoms with van der Waals surface area (Å²) in [6.45, 7) is 3.09. The Morgan fingerprint density at radius 3 is 2.67 bits per heavy atom. The van der Waals surface area contributed by atoms with Gasteiger partial charge in [-0.15, -0.1) is 0 Å². The predicted octanol–water partition coefficient (Wildman–Crippen LogP) is 2.31. The monoisotopic (exact) mass is 286 g/mol. The van der Waals surface area contributed by atoms with Crippen LogP contribution in [0.15, 0.2) is 36.5 Å². The van der Waals surface area contributed by atoms with Gasteiger partial charge in [0.2, 0.25) is 0 Å². The van der Waals surface area contributed by atoms with E-state index in [0.29, 0.717) is 11.9 Å². The van der Waals surface area contributed by atoms with Crippen LogP contribution in [0.3, 0.4) is 0 Å². The summed E-state index contributed by atoms with van der Waals surface area (Å²) in [6.07, 6.45) is 4.20. The van der Waals surface area contributed by atoms with Crippen molar-refractivity contribution < 1.29 is 4.74 Å². The molecule has 1 fully saturated rings. The minimum atomic E-state index is 0.469. The minimum absolute atomic E-state index is 0.469. The average molecular weight is 286 g/mol. The highest BCUT2D eigenvalue weighted by atomic mass is 16.5. The Morgan fingerprint density at radius 1 is 1.24 bits per heavy atom. The van der Waals surface area contributed by atoms with Gasteiger partial charge in [0.05, 0.1) is 13.2 Å². The summed E-state index contributed by atoms with van der Waals surface area (Å²) >= 11 is 0. The number of piperidine rings is 1. The van der Waals surface area contributed by atoms with Crippen molar-refractivity contribution in [2.75, 3.05) is 25.9 Å². The molecule has 0 saturated carbocycles. The van der Waals surface area contributed by atoms with Crippen molar-refractivity contribution in [2.45, 2.75) is 25.4 Å². The molecular weight excluding hydrogens is 264 g/mol. The van der Waals surface area contributed by atoms with E-state index in [1.54, 1.807) is 7.11 Å². The van der Waals surface area contributed by atoms with E-state index in [1.807, 2.05) is 29.1 Å². The zero-order chi connectivity index (χ0) is 14.7. The fraction of sp³-hybridized carbons (Fsp3) is 0.438. The largest absolute Gasteiger partial charge is 0.496 e. The number of aromatic nitrogens is 2. The lowest BCUT2D eigenvalue weighted by Gasteiger charge is -2.32. The van der Waals surface area contributed by atoms with Crippen molar-refractivity contribution >= 4 is 5.82 Å². The van der Waals surface area contributed by atoms with Crippen molar-refractivity contribution in [3.8, 4) is 5.75 Å². The Bertz CT molecular complexity index is 587. The molecule has 2 heterocycles. The van der Waals surface area contributed by atoms with Gasteiger partial charge in [-0.1, -0.05) is 18.2 Å². The van der Waals surface area contributed by atoms with Gasteiger partial charge >= 0.3 is 0 Å². The first-order valence-electron chi connectivity index (χ1n) is 7.41. The van der Waals surface area contributed by atoms with Gasteiger partial charge in [-0.05, 0) is 25.0 Å². The highest BCUT2D eigenvalue weighted by molar-refractivity contribution is 5.33. The maximum atomic E-state index is 5.69. The normalized spacial score (nSPS) is 17.0. The van der Waals surface area contributed by atoms with Crippen LogP contribution in [0.4, 0.5) is 5.82 Å². The van der Waals surface area contributed by atoms with Crippen LogP contribution in [0, 0.1) is 0 Å². The molecule has 1 aliphatic heterocycles. The zero-order valence-electron chi connectivity index (χ0n) is 12.4. The van der Waals surface area contributed by atoms with E-state index >= 15 is 0 Å². The van der Waals surface area contributed by atoms with Gasteiger partial charge in [0.25, 0.3) is 0 Å². The highest BCUT2D eigenvalue weighted by Gasteiger charge is 2.21. The summed E-state index contributed by atoms with van der Waals surface area (Å²) < 4.78 is 7.44. The van der Waals surface area contributed by atoms with E-state index in [1.165, 1.54) is 5.56 Å². The third-order valence-corrected chi connectivity index (χ3v) is 4.15. The molecule has 1 aromatic carbocycles. The Kier molecular flexibility index (Phi) is 4.10. The number of likely N-dealkylation sites (tertiary alicyclic amines) is 1. The van der Waals surface area contributed by atoms with Crippen LogP contribution < -0.4 is 10.5 Å². The summed E-state index contributed by atoms with van der Waals surface area (Å²) in [4.78, 5) is 2.47. The van der Waals surface area contributed by atoms with Crippen molar-refractivity contribution in [1.82, 2.24) is 14.7 Å². The molecule has 1 saturated heterocycles. The molecule has 0 aliphatic carbocycles. The number of hydrogen-bond acceptors (Lipinski definition) is 4. The molecule has 2 aromatic rings. The Hall–Kier alpha value is -2.01. The number of rotatable bonds is 4. The van der Waals surface area contributed by atoms with Crippen molar-refractivity contribution in [3.63, 3.8) is 0 Å². The van der Waals surface area contributed by atoms with E-state index in [9.17, 15) is 0 Å². The van der Waals surface area contributed by atoms with Gasteiger partial charge < -0.3 is 10.5 Å². The fourth-order valence-electron chi connectivity index (χ4n) is 2.97. The third kappa shape index (κ3) is 3.19. The van der Waals surface area contributed by atoms with Crippen LogP contribution in [0.2, 0.25) is 0 Å². The topological polar surface area (TPSA) is 56.3 Å². The summed E-state index contributed by atoms with van der Waals surface area (Å²) in [5, 5.41) is 4.33. The fourth-order valence-corrected chi connectivity index (χ4v) is 2.97. The highest BCUT2D eigenvalue weighted by Crippen LogP contribution is 2.25. The minimum Gasteiger partial charge on any atom is -0.496 e. The van der Waals surface area contributed by atoms with Crippen LogP contribution in [0.25, 0.3) is 0 Å². The second-order valence-corrected chi connectivity index (χ2v) is 5.54. The standard InChI is InChI=1S/C16H22N4O/c1-21-15-5-3-2-4-13(15)12-19-9-6-14(7-10-19)20-11-8-16(17)18-20/h2-5,8,11,14H,6-7,9-10,12H2,1H3,(H2,17,18). The van der Waals surface area contributed by atoms with Crippen molar-refractivity contribution in [2.24, 2.45) is 0 Å². The van der Waals surface area contributed by atoms with Crippen LogP contribution in [0.5, 0.6) is 5.75 Å². The second kappa shape index (κ2) is 6.18. The molecule has 5 nitrogen and oxygen atoms in total. The number of benzene rings is 1. The first-order valence-corrected chi connectivity index (χ1v) is 7.41. The number of para-hydroxylation sites is 1. The van der Waals surface area contributed by atoms with Crippen molar-refractivity contribution in [3.05, 3.63) is 42.1 Å². The van der Waals surface area contributed by atoms with E-state index in [0.717, 1.165) is 38.2 Å². The summed E-state index contributed by atoms with van der Waals surface area (Å²) in [5.41, 5.74) is 6.94. The van der Waals surface area contributed by atoms with E-state index in [4.69, 9.17) is 10.5 Å². The first kappa shape index (κ1) is 13.9. The molecular formula is C16H22N4O. The van der Waals surface area contributed by atoms with Gasteiger partial charge in [0.15, 0.2) is 0 Å². The molecule has 2 N–H and O–H groups in total. The Morgan fingerprint density at radius 2 is 2.00 bits per heavy atom. The third-order valence-electron chi connectivity index (χ3n) is 4.15. The van der Waals surface area contributed by atoms with Crippen LogP contribution in [-0.4, -0.2) is 34.9 Å². The number of methoxy groups -OCH3 is 1. The number of anilines is 1. The molecule has 0 atom stereocenters. The van der Waals surface area contributed by atoms with Gasteiger partial charge in [0, 0.05) is 31.4 Å². The number of nitrogens with two attached hydrogens (primary N) is 1. The number of ether oxygens (including phenoxy) is 1. The molecule has 1 aliphatic rings. The molecule has 0 radical (unpaired) electrons. The lowest BCUT2D eigenvalue weighted by atomic mass is 10.0. The van der Waals surface area contributed by atoms with Gasteiger partial charge in [0.1, 0.15) is 11.6 Å². The Balaban J connectivity index is 1.58. The molecule has 112 valence electrons. The molecule has 0 spiro atoms. The smallest absolute Gasteiger partial charge is 0.145 e. The van der Waals surface area contributed by atoms with Gasteiger partial charge in [-0.25, -0.2) is 0 Å². The van der Waals surface area contributed by atoms with Gasteiger partial charge in [-0.3, -0.25) is 9.58 Å². The van der Waals surface area contributed by atoms with E-state index in [-0.39, 0.29) is 0 Å². The molecule has 5 heteroatoms. The van der Waals surface area contributed by atoms with Gasteiger partial charge in [-0.2, -0.15) is 5.10 Å². The SMILES string of the molecule is COc1ccccc1CN1CCC(n2ccc(N)n2)CC1. The number of nitrogens with zero attached hydrogens (tertiary/aromatic N) is 3. The zero-order valence-corrected chi connectivity index (χ0v) is 12.4. The molecule has 0 bridgehead atoms. The van der Waals surface area contributed by atoms with Crippen molar-refractivity contribution in [1.29, 1.82) is 0 Å². The average Bonchev–Trinajstić information content (AvgIpc) is 2.95. The first-order chi connectivity index (χ1) is 10.3. The lowest BCUT2D eigenvalue weighted by Crippen LogP contribution is -2.34. The summed E-state index contributed by atoms with van der Waals surface area (Å²) in [6, 6.07) is 10.6. The van der Waals surface area contributed by atoms with E-state index < -0.39 is 0 Å². The van der Waals surface area contributed by atoms with Crippen LogP contribution in [0.1, 0.15) is 24.4 Å². The molecule has 0 amide bonds. The quantitative estimate of drug-likeness (QED) is 0.937. The molecule has 1 aromatic heterocycles. The van der Waals surface area contributed by atoms with Crippen LogP contribution >= 0.6 is 0 Å².